The molecule has 0 spiro atoms. The first kappa shape index (κ1) is 19.2. The van der Waals surface area contributed by atoms with Gasteiger partial charge in [-0.25, -0.2) is 4.85 Å². The highest BCUT2D eigenvalue weighted by Crippen LogP contribution is 2.30. The van der Waals surface area contributed by atoms with E-state index in [1.807, 2.05) is 23.1 Å². The number of benzene rings is 1. The summed E-state index contributed by atoms with van der Waals surface area (Å²) in [5, 5.41) is 0. The van der Waals surface area contributed by atoms with Crippen molar-refractivity contribution in [3.8, 4) is 0 Å². The maximum Gasteiger partial charge on any atom is 0.227 e. The highest BCUT2D eigenvalue weighted by molar-refractivity contribution is 5.94. The Hall–Kier alpha value is -1.82. The highest BCUT2D eigenvalue weighted by Gasteiger charge is 2.27. The van der Waals surface area contributed by atoms with E-state index in [1.165, 1.54) is 0 Å². The van der Waals surface area contributed by atoms with Gasteiger partial charge in [-0.05, 0) is 30.4 Å². The fourth-order valence-electron chi connectivity index (χ4n) is 2.88. The third kappa shape index (κ3) is 6.06. The second kappa shape index (κ2) is 8.72. The largest absolute Gasteiger partial charge is 0.311 e. The van der Waals surface area contributed by atoms with E-state index in [0.717, 1.165) is 31.4 Å². The molecule has 0 aliphatic heterocycles. The van der Waals surface area contributed by atoms with E-state index in [0.29, 0.717) is 12.1 Å². The van der Waals surface area contributed by atoms with Crippen LogP contribution in [0.3, 0.4) is 0 Å². The fraction of sp³-hybridized carbons (Fsp3) is 0.600. The second-order valence-electron chi connectivity index (χ2n) is 7.36. The van der Waals surface area contributed by atoms with Gasteiger partial charge < -0.3 is 4.90 Å². The van der Waals surface area contributed by atoms with Gasteiger partial charge in [-0.3, -0.25) is 4.79 Å². The Morgan fingerprint density at radius 1 is 1.22 bits per heavy atom. The van der Waals surface area contributed by atoms with Gasteiger partial charge in [-0.2, -0.15) is 0 Å². The van der Waals surface area contributed by atoms with E-state index < -0.39 is 0 Å². The van der Waals surface area contributed by atoms with Crippen LogP contribution in [0.1, 0.15) is 66.7 Å². The van der Waals surface area contributed by atoms with Crippen molar-refractivity contribution in [2.24, 2.45) is 5.41 Å². The van der Waals surface area contributed by atoms with E-state index >= 15 is 0 Å². The van der Waals surface area contributed by atoms with E-state index in [2.05, 4.69) is 39.5 Å². The summed E-state index contributed by atoms with van der Waals surface area (Å²) in [4.78, 5) is 18.5. The van der Waals surface area contributed by atoms with Gasteiger partial charge in [0.25, 0.3) is 0 Å². The van der Waals surface area contributed by atoms with Crippen molar-refractivity contribution in [3.05, 3.63) is 35.7 Å². The number of rotatable bonds is 7. The van der Waals surface area contributed by atoms with Crippen LogP contribution >= 0.6 is 0 Å². The molecule has 1 amide bonds. The van der Waals surface area contributed by atoms with Gasteiger partial charge >= 0.3 is 0 Å². The molecule has 3 nitrogen and oxygen atoms in total. The molecule has 23 heavy (non-hydrogen) atoms. The van der Waals surface area contributed by atoms with Gasteiger partial charge in [0.05, 0.1) is 6.57 Å². The van der Waals surface area contributed by atoms with E-state index in [-0.39, 0.29) is 17.4 Å². The van der Waals surface area contributed by atoms with E-state index in [4.69, 9.17) is 6.57 Å². The summed E-state index contributed by atoms with van der Waals surface area (Å²) in [6, 6.07) is 7.66. The van der Waals surface area contributed by atoms with Gasteiger partial charge in [0, 0.05) is 18.2 Å². The summed E-state index contributed by atoms with van der Waals surface area (Å²) in [6.45, 7) is 17.8. The third-order valence-corrected chi connectivity index (χ3v) is 3.80. The van der Waals surface area contributed by atoms with Gasteiger partial charge in [0.1, 0.15) is 0 Å². The van der Waals surface area contributed by atoms with Crippen molar-refractivity contribution < 1.29 is 4.79 Å². The quantitative estimate of drug-likeness (QED) is 0.568. The van der Waals surface area contributed by atoms with E-state index in [9.17, 15) is 4.79 Å². The van der Waals surface area contributed by atoms with Gasteiger partial charge in [0.2, 0.25) is 5.91 Å². The van der Waals surface area contributed by atoms with Gasteiger partial charge in [-0.15, -0.1) is 0 Å². The zero-order valence-corrected chi connectivity index (χ0v) is 15.2. The van der Waals surface area contributed by atoms with Crippen LogP contribution in [0, 0.1) is 12.0 Å². The number of nitrogens with zero attached hydrogens (tertiary/aromatic N) is 2. The monoisotopic (exact) mass is 314 g/mol. The summed E-state index contributed by atoms with van der Waals surface area (Å²) in [6.07, 6.45) is 4.59. The summed E-state index contributed by atoms with van der Waals surface area (Å²) < 4.78 is 0. The average Bonchev–Trinajstić information content (AvgIpc) is 2.46. The zero-order valence-electron chi connectivity index (χ0n) is 15.2. The Kier molecular flexibility index (Phi) is 7.29. The lowest BCUT2D eigenvalue weighted by atomic mass is 9.90. The van der Waals surface area contributed by atoms with Crippen LogP contribution in [0.25, 0.3) is 4.85 Å². The van der Waals surface area contributed by atoms with Gasteiger partial charge in [0.15, 0.2) is 5.69 Å². The van der Waals surface area contributed by atoms with Crippen molar-refractivity contribution in [1.82, 2.24) is 0 Å². The SMILES string of the molecule is [C-]#[N+]c1cccc(N(C(=O)CC(C)(C)C)C(CCC)CCC)c1. The van der Waals surface area contributed by atoms with E-state index in [1.54, 1.807) is 6.07 Å². The minimum absolute atomic E-state index is 0.0459. The molecule has 0 bridgehead atoms. The average molecular weight is 314 g/mol. The Morgan fingerprint density at radius 3 is 2.30 bits per heavy atom. The normalized spacial score (nSPS) is 11.3. The molecule has 1 rings (SSSR count). The predicted molar refractivity (Wildman–Crippen MR) is 97.9 cm³/mol. The molecule has 0 aliphatic rings. The molecule has 0 N–H and O–H groups in total. The Morgan fingerprint density at radius 2 is 1.83 bits per heavy atom. The second-order valence-corrected chi connectivity index (χ2v) is 7.36. The number of carbonyl (C=O) groups excluding carboxylic acids is 1. The van der Waals surface area contributed by atoms with Crippen LogP contribution in [0.15, 0.2) is 24.3 Å². The Balaban J connectivity index is 3.23. The maximum absolute atomic E-state index is 13.0. The van der Waals surface area contributed by atoms with Crippen LogP contribution in [0.4, 0.5) is 11.4 Å². The minimum Gasteiger partial charge on any atom is -0.311 e. The first-order chi connectivity index (χ1) is 10.8. The smallest absolute Gasteiger partial charge is 0.227 e. The van der Waals surface area contributed by atoms with Crippen LogP contribution in [-0.2, 0) is 4.79 Å². The van der Waals surface area contributed by atoms with Crippen LogP contribution in [-0.4, -0.2) is 11.9 Å². The number of amides is 1. The lowest BCUT2D eigenvalue weighted by molar-refractivity contribution is -0.120. The first-order valence-corrected chi connectivity index (χ1v) is 8.62. The van der Waals surface area contributed by atoms with Crippen molar-refractivity contribution >= 4 is 17.3 Å². The Labute approximate surface area is 141 Å². The topological polar surface area (TPSA) is 24.7 Å². The number of hydrogen-bond donors (Lipinski definition) is 0. The molecule has 1 aromatic carbocycles. The predicted octanol–water partition coefficient (Wildman–Crippen LogP) is 5.98. The van der Waals surface area contributed by atoms with Crippen molar-refractivity contribution in [2.75, 3.05) is 4.90 Å². The maximum atomic E-state index is 13.0. The third-order valence-electron chi connectivity index (χ3n) is 3.80. The molecule has 0 saturated heterocycles. The first-order valence-electron chi connectivity index (χ1n) is 8.62. The molecule has 0 fully saturated rings. The molecule has 0 unspecified atom stereocenters. The number of carbonyl (C=O) groups is 1. The summed E-state index contributed by atoms with van der Waals surface area (Å²) in [5.74, 6) is 0.159. The molecule has 0 heterocycles. The molecule has 0 atom stereocenters. The van der Waals surface area contributed by atoms with Crippen LogP contribution < -0.4 is 4.90 Å². The summed E-state index contributed by atoms with van der Waals surface area (Å²) in [7, 11) is 0. The molecular formula is C20H30N2O. The standard InChI is InChI=1S/C20H30N2O/c1-7-10-17(11-8-2)22(19(23)15-20(3,4)5)18-13-9-12-16(14-18)21-6/h9,12-14,17H,7-8,10-11,15H2,1-5H3. The van der Waals surface area contributed by atoms with Crippen molar-refractivity contribution in [3.63, 3.8) is 0 Å². The molecule has 0 saturated carbocycles. The van der Waals surface area contributed by atoms with Crippen molar-refractivity contribution in [2.45, 2.75) is 72.8 Å². The Bertz CT molecular complexity index is 545. The summed E-state index contributed by atoms with van der Waals surface area (Å²) >= 11 is 0. The molecule has 0 aromatic heterocycles. The number of hydrogen-bond acceptors (Lipinski definition) is 1. The molecule has 1 aromatic rings. The molecular weight excluding hydrogens is 284 g/mol. The number of anilines is 1. The lowest BCUT2D eigenvalue weighted by Crippen LogP contribution is -2.42. The van der Waals surface area contributed by atoms with Crippen LogP contribution in [0.5, 0.6) is 0 Å². The summed E-state index contributed by atoms with van der Waals surface area (Å²) in [5.41, 5.74) is 1.40. The molecule has 0 radical (unpaired) electrons. The fourth-order valence-corrected chi connectivity index (χ4v) is 2.88. The molecule has 3 heteroatoms. The molecule has 126 valence electrons. The zero-order chi connectivity index (χ0) is 17.5. The minimum atomic E-state index is -0.0459. The highest BCUT2D eigenvalue weighted by atomic mass is 16.2. The van der Waals surface area contributed by atoms with Gasteiger partial charge in [-0.1, -0.05) is 59.6 Å². The molecule has 0 aliphatic carbocycles. The lowest BCUT2D eigenvalue weighted by Gasteiger charge is -2.34. The van der Waals surface area contributed by atoms with Crippen LogP contribution in [0.2, 0.25) is 0 Å². The van der Waals surface area contributed by atoms with Crippen molar-refractivity contribution in [1.29, 1.82) is 0 Å².